The van der Waals surface area contributed by atoms with Gasteiger partial charge in [-0.05, 0) is 54.8 Å². The lowest BCUT2D eigenvalue weighted by Gasteiger charge is -2.19. The first-order valence-electron chi connectivity index (χ1n) is 9.37. The molecule has 1 N–H and O–H groups in total. The van der Waals surface area contributed by atoms with Crippen molar-refractivity contribution in [1.82, 2.24) is 0 Å². The van der Waals surface area contributed by atoms with Gasteiger partial charge >= 0.3 is 5.97 Å². The first-order chi connectivity index (χ1) is 15.2. The number of nitrogens with one attached hydrogen (secondary N) is 1. The van der Waals surface area contributed by atoms with Crippen molar-refractivity contribution in [1.29, 1.82) is 5.26 Å². The molecule has 3 aromatic rings. The number of hydrogen-bond donors (Lipinski definition) is 1. The molecule has 1 amide bonds. The molecule has 0 saturated heterocycles. The zero-order chi connectivity index (χ0) is 23.3. The Labute approximate surface area is 189 Å². The average Bonchev–Trinajstić information content (AvgIpc) is 3.26. The number of benzene rings is 2. The molecule has 0 spiro atoms. The quantitative estimate of drug-likeness (QED) is 0.528. The van der Waals surface area contributed by atoms with E-state index in [4.69, 9.17) is 10.00 Å². The number of hydrogen-bond acceptors (Lipinski definition) is 7. The molecule has 1 heterocycles. The predicted octanol–water partition coefficient (Wildman–Crippen LogP) is 3.63. The minimum atomic E-state index is -3.81. The van der Waals surface area contributed by atoms with E-state index < -0.39 is 28.0 Å². The summed E-state index contributed by atoms with van der Waals surface area (Å²) < 4.78 is 32.0. The Hall–Kier alpha value is -3.68. The Kier molecular flexibility index (Phi) is 6.92. The number of ether oxygens (including phenoxy) is 1. The van der Waals surface area contributed by atoms with Gasteiger partial charge in [-0.15, -0.1) is 11.3 Å². The van der Waals surface area contributed by atoms with E-state index in [0.29, 0.717) is 16.3 Å². The SMILES string of the molecule is CC(OC(=O)c1ccc(S(=O)(=O)N(C)c2ccccc2)cc1)C(=O)Nc1sccc1C#N. The van der Waals surface area contributed by atoms with Crippen LogP contribution in [-0.4, -0.2) is 33.4 Å². The van der Waals surface area contributed by atoms with Gasteiger partial charge in [0, 0.05) is 7.05 Å². The van der Waals surface area contributed by atoms with E-state index in [0.717, 1.165) is 4.31 Å². The standard InChI is InChI=1S/C22H19N3O5S2/c1-15(20(26)24-21-17(14-23)12-13-31-21)30-22(27)16-8-10-19(11-9-16)32(28,29)25(2)18-6-4-3-5-7-18/h3-13,15H,1-2H3,(H,24,26). The summed E-state index contributed by atoms with van der Waals surface area (Å²) in [5.74, 6) is -1.36. The summed E-state index contributed by atoms with van der Waals surface area (Å²) in [6, 6.07) is 17.4. The summed E-state index contributed by atoms with van der Waals surface area (Å²) in [5, 5.41) is 13.6. The highest BCUT2D eigenvalue weighted by Crippen LogP contribution is 2.23. The van der Waals surface area contributed by atoms with Gasteiger partial charge in [0.1, 0.15) is 11.1 Å². The normalized spacial score (nSPS) is 11.8. The van der Waals surface area contributed by atoms with Gasteiger partial charge in [0.25, 0.3) is 15.9 Å². The first-order valence-corrected chi connectivity index (χ1v) is 11.7. The Morgan fingerprint density at radius 1 is 1.09 bits per heavy atom. The van der Waals surface area contributed by atoms with E-state index in [2.05, 4.69) is 5.32 Å². The van der Waals surface area contributed by atoms with Crippen LogP contribution >= 0.6 is 11.3 Å². The lowest BCUT2D eigenvalue weighted by atomic mass is 10.2. The third kappa shape index (κ3) is 4.96. The molecule has 3 rings (SSSR count). The van der Waals surface area contributed by atoms with Crippen molar-refractivity contribution >= 4 is 43.9 Å². The molecule has 0 aliphatic rings. The maximum absolute atomic E-state index is 12.8. The summed E-state index contributed by atoms with van der Waals surface area (Å²) in [6.45, 7) is 1.40. The summed E-state index contributed by atoms with van der Waals surface area (Å²) >= 11 is 1.18. The highest BCUT2D eigenvalue weighted by Gasteiger charge is 2.23. The molecule has 0 fully saturated rings. The van der Waals surface area contributed by atoms with Crippen LogP contribution < -0.4 is 9.62 Å². The van der Waals surface area contributed by atoms with Gasteiger partial charge in [-0.3, -0.25) is 9.10 Å². The summed E-state index contributed by atoms with van der Waals surface area (Å²) in [4.78, 5) is 24.7. The Morgan fingerprint density at radius 3 is 2.38 bits per heavy atom. The van der Waals surface area contributed by atoms with Crippen molar-refractivity contribution < 1.29 is 22.7 Å². The maximum atomic E-state index is 12.8. The van der Waals surface area contributed by atoms with Crippen LogP contribution in [0.15, 0.2) is 70.9 Å². The zero-order valence-corrected chi connectivity index (χ0v) is 18.8. The van der Waals surface area contributed by atoms with Crippen LogP contribution in [0, 0.1) is 11.3 Å². The van der Waals surface area contributed by atoms with E-state index in [9.17, 15) is 18.0 Å². The second kappa shape index (κ2) is 9.64. The number of rotatable bonds is 7. The summed E-state index contributed by atoms with van der Waals surface area (Å²) in [7, 11) is -2.37. The van der Waals surface area contributed by atoms with Crippen molar-refractivity contribution in [3.8, 4) is 6.07 Å². The molecule has 1 unspecified atom stereocenters. The minimum absolute atomic E-state index is 0.00734. The van der Waals surface area contributed by atoms with Crippen molar-refractivity contribution in [2.45, 2.75) is 17.9 Å². The van der Waals surface area contributed by atoms with Gasteiger partial charge < -0.3 is 10.1 Å². The van der Waals surface area contributed by atoms with Crippen LogP contribution in [0.5, 0.6) is 0 Å². The molecular formula is C22H19N3O5S2. The van der Waals surface area contributed by atoms with Crippen molar-refractivity contribution in [2.24, 2.45) is 0 Å². The fourth-order valence-electron chi connectivity index (χ4n) is 2.69. The lowest BCUT2D eigenvalue weighted by molar-refractivity contribution is -0.123. The van der Waals surface area contributed by atoms with Crippen LogP contribution in [0.4, 0.5) is 10.7 Å². The number of esters is 1. The number of amides is 1. The molecule has 164 valence electrons. The lowest BCUT2D eigenvalue weighted by Crippen LogP contribution is -2.30. The fraction of sp³-hybridized carbons (Fsp3) is 0.136. The Bertz CT molecular complexity index is 1260. The maximum Gasteiger partial charge on any atom is 0.338 e. The van der Waals surface area contributed by atoms with Gasteiger partial charge in [-0.25, -0.2) is 13.2 Å². The van der Waals surface area contributed by atoms with Crippen LogP contribution in [-0.2, 0) is 19.6 Å². The molecule has 1 aromatic heterocycles. The Morgan fingerprint density at radius 2 is 1.75 bits per heavy atom. The van der Waals surface area contributed by atoms with Crippen molar-refractivity contribution in [2.75, 3.05) is 16.7 Å². The number of carbonyl (C=O) groups excluding carboxylic acids is 2. The molecule has 10 heteroatoms. The van der Waals surface area contributed by atoms with E-state index >= 15 is 0 Å². The summed E-state index contributed by atoms with van der Waals surface area (Å²) in [5.41, 5.74) is 0.917. The third-order valence-corrected chi connectivity index (χ3v) is 7.17. The monoisotopic (exact) mass is 469 g/mol. The second-order valence-corrected chi connectivity index (χ2v) is 9.53. The number of para-hydroxylation sites is 1. The van der Waals surface area contributed by atoms with Crippen LogP contribution in [0.25, 0.3) is 0 Å². The van der Waals surface area contributed by atoms with Crippen LogP contribution in [0.1, 0.15) is 22.8 Å². The van der Waals surface area contributed by atoms with Gasteiger partial charge in [0.15, 0.2) is 6.10 Å². The Balaban J connectivity index is 1.67. The highest BCUT2D eigenvalue weighted by molar-refractivity contribution is 7.92. The topological polar surface area (TPSA) is 117 Å². The highest BCUT2D eigenvalue weighted by atomic mass is 32.2. The molecule has 32 heavy (non-hydrogen) atoms. The molecule has 2 aromatic carbocycles. The van der Waals surface area contributed by atoms with Crippen molar-refractivity contribution in [3.63, 3.8) is 0 Å². The fourth-order valence-corrected chi connectivity index (χ4v) is 4.62. The predicted molar refractivity (Wildman–Crippen MR) is 121 cm³/mol. The van der Waals surface area contributed by atoms with E-state index in [1.165, 1.54) is 49.6 Å². The van der Waals surface area contributed by atoms with Crippen LogP contribution in [0.2, 0.25) is 0 Å². The van der Waals surface area contributed by atoms with E-state index in [-0.39, 0.29) is 10.5 Å². The van der Waals surface area contributed by atoms with Crippen LogP contribution in [0.3, 0.4) is 0 Å². The number of nitriles is 1. The number of carbonyl (C=O) groups is 2. The van der Waals surface area contributed by atoms with E-state index in [1.807, 2.05) is 6.07 Å². The smallest absolute Gasteiger partial charge is 0.338 e. The van der Waals surface area contributed by atoms with E-state index in [1.54, 1.807) is 41.8 Å². The van der Waals surface area contributed by atoms with Gasteiger partial charge in [0.05, 0.1) is 21.7 Å². The van der Waals surface area contributed by atoms with Gasteiger partial charge in [-0.2, -0.15) is 5.26 Å². The van der Waals surface area contributed by atoms with Crippen molar-refractivity contribution in [3.05, 3.63) is 77.2 Å². The second-order valence-electron chi connectivity index (χ2n) is 6.64. The number of nitrogens with zero attached hydrogens (tertiary/aromatic N) is 2. The molecule has 0 bridgehead atoms. The largest absolute Gasteiger partial charge is 0.449 e. The molecule has 0 aliphatic heterocycles. The number of anilines is 2. The molecule has 1 atom stereocenters. The molecule has 0 saturated carbocycles. The van der Waals surface area contributed by atoms with Gasteiger partial charge in [0.2, 0.25) is 0 Å². The first kappa shape index (κ1) is 23.0. The van der Waals surface area contributed by atoms with Gasteiger partial charge in [-0.1, -0.05) is 18.2 Å². The molecule has 0 aliphatic carbocycles. The zero-order valence-electron chi connectivity index (χ0n) is 17.2. The summed E-state index contributed by atoms with van der Waals surface area (Å²) in [6.07, 6.45) is -1.12. The average molecular weight is 470 g/mol. The number of sulfonamides is 1. The molecule has 0 radical (unpaired) electrons. The minimum Gasteiger partial charge on any atom is -0.449 e. The molecular weight excluding hydrogens is 450 g/mol. The number of thiophene rings is 1. The third-order valence-electron chi connectivity index (χ3n) is 4.54. The molecule has 8 nitrogen and oxygen atoms in total.